The van der Waals surface area contributed by atoms with Gasteiger partial charge in [-0.3, -0.25) is 10.2 Å². The Morgan fingerprint density at radius 3 is 2.56 bits per heavy atom. The van der Waals surface area contributed by atoms with E-state index in [1.54, 1.807) is 0 Å². The lowest BCUT2D eigenvalue weighted by atomic mass is 10.1. The van der Waals surface area contributed by atoms with Crippen molar-refractivity contribution in [3.05, 3.63) is 0 Å². The summed E-state index contributed by atoms with van der Waals surface area (Å²) in [7, 11) is 1.42. The molecule has 8 heteroatoms. The van der Waals surface area contributed by atoms with Gasteiger partial charge in [0.1, 0.15) is 11.9 Å². The molecule has 0 aromatic heterocycles. The number of hydroxylamine groups is 2. The Balaban J connectivity index is 3.95. The molecule has 0 aromatic carbocycles. The summed E-state index contributed by atoms with van der Waals surface area (Å²) in [5.41, 5.74) is 5.34. The van der Waals surface area contributed by atoms with E-state index < -0.39 is 18.1 Å². The summed E-state index contributed by atoms with van der Waals surface area (Å²) in [6.45, 7) is 1.82. The Labute approximate surface area is 106 Å². The van der Waals surface area contributed by atoms with Gasteiger partial charge in [-0.15, -0.1) is 0 Å². The van der Waals surface area contributed by atoms with E-state index in [-0.39, 0.29) is 5.84 Å². The zero-order valence-electron chi connectivity index (χ0n) is 10.6. The van der Waals surface area contributed by atoms with Gasteiger partial charge in [0, 0.05) is 7.05 Å². The van der Waals surface area contributed by atoms with Gasteiger partial charge in [-0.1, -0.05) is 0 Å². The number of amides is 1. The van der Waals surface area contributed by atoms with E-state index in [9.17, 15) is 9.59 Å². The van der Waals surface area contributed by atoms with E-state index in [0.717, 1.165) is 5.06 Å². The molecular weight excluding hydrogens is 240 g/mol. The number of carboxylic acid groups (broad SMARTS) is 1. The van der Waals surface area contributed by atoms with Gasteiger partial charge in [-0.05, 0) is 26.2 Å². The van der Waals surface area contributed by atoms with Gasteiger partial charge in [0.05, 0.1) is 6.54 Å². The van der Waals surface area contributed by atoms with Crippen LogP contribution in [0.5, 0.6) is 0 Å². The lowest BCUT2D eigenvalue weighted by molar-refractivity contribution is -0.138. The molecule has 1 atom stereocenters. The molecule has 8 nitrogen and oxygen atoms in total. The van der Waals surface area contributed by atoms with Crippen LogP contribution in [-0.2, 0) is 9.63 Å². The molecule has 104 valence electrons. The molecule has 0 saturated carbocycles. The van der Waals surface area contributed by atoms with Crippen molar-refractivity contribution in [2.24, 2.45) is 5.73 Å². The molecule has 0 radical (unpaired) electrons. The number of nitrogens with zero attached hydrogens (tertiary/aromatic N) is 1. The average molecular weight is 260 g/mol. The second-order valence-corrected chi connectivity index (χ2v) is 3.76. The van der Waals surface area contributed by atoms with Gasteiger partial charge in [-0.2, -0.15) is 5.06 Å². The Hall–Kier alpha value is -1.83. The average Bonchev–Trinajstić information content (AvgIpc) is 2.31. The number of hydrogen-bond acceptors (Lipinski definition) is 5. The van der Waals surface area contributed by atoms with Gasteiger partial charge >= 0.3 is 12.1 Å². The first kappa shape index (κ1) is 16.2. The molecule has 0 saturated heterocycles. The standard InChI is InChI=1S/C10H20N4O4/c1-7(11)14(18-10(17)13-2)6-4-3-5-8(12)9(15)16/h8,11H,3-6,12H2,1-2H3,(H,13,17)(H,15,16)/t8-/m0/s1. The van der Waals surface area contributed by atoms with Crippen LogP contribution in [0.15, 0.2) is 0 Å². The topological polar surface area (TPSA) is 129 Å². The molecular formula is C10H20N4O4. The summed E-state index contributed by atoms with van der Waals surface area (Å²) < 4.78 is 0. The van der Waals surface area contributed by atoms with Crippen LogP contribution in [0.1, 0.15) is 26.2 Å². The molecule has 0 unspecified atom stereocenters. The maximum Gasteiger partial charge on any atom is 0.431 e. The van der Waals surface area contributed by atoms with E-state index >= 15 is 0 Å². The van der Waals surface area contributed by atoms with Gasteiger partial charge in [-0.25, -0.2) is 4.79 Å². The largest absolute Gasteiger partial charge is 0.480 e. The van der Waals surface area contributed by atoms with Crippen molar-refractivity contribution < 1.29 is 19.5 Å². The highest BCUT2D eigenvalue weighted by molar-refractivity contribution is 5.77. The van der Waals surface area contributed by atoms with E-state index in [1.807, 2.05) is 0 Å². The highest BCUT2D eigenvalue weighted by Gasteiger charge is 2.13. The Bertz CT molecular complexity index is 308. The van der Waals surface area contributed by atoms with Crippen molar-refractivity contribution in [1.29, 1.82) is 5.41 Å². The van der Waals surface area contributed by atoms with E-state index in [4.69, 9.17) is 21.1 Å². The first-order valence-corrected chi connectivity index (χ1v) is 5.59. The maximum absolute atomic E-state index is 11.0. The third-order valence-corrected chi connectivity index (χ3v) is 2.21. The predicted molar refractivity (Wildman–Crippen MR) is 65.1 cm³/mol. The lowest BCUT2D eigenvalue weighted by Crippen LogP contribution is -2.36. The molecule has 18 heavy (non-hydrogen) atoms. The number of amidine groups is 1. The van der Waals surface area contributed by atoms with Gasteiger partial charge in [0.25, 0.3) is 0 Å². The summed E-state index contributed by atoms with van der Waals surface area (Å²) in [5, 5.41) is 19.4. The fourth-order valence-electron chi connectivity index (χ4n) is 1.17. The number of aliphatic carboxylic acids is 1. The summed E-state index contributed by atoms with van der Waals surface area (Å²) in [4.78, 5) is 26.3. The molecule has 0 aromatic rings. The first-order chi connectivity index (χ1) is 8.38. The van der Waals surface area contributed by atoms with Crippen molar-refractivity contribution in [2.75, 3.05) is 13.6 Å². The van der Waals surface area contributed by atoms with Crippen LogP contribution < -0.4 is 11.1 Å². The number of carbonyl (C=O) groups excluding carboxylic acids is 1. The first-order valence-electron chi connectivity index (χ1n) is 5.59. The molecule has 0 bridgehead atoms. The third kappa shape index (κ3) is 6.69. The minimum Gasteiger partial charge on any atom is -0.480 e. The van der Waals surface area contributed by atoms with Crippen LogP contribution in [0.3, 0.4) is 0 Å². The highest BCUT2D eigenvalue weighted by atomic mass is 16.7. The molecule has 0 rings (SSSR count). The zero-order chi connectivity index (χ0) is 14.1. The number of nitrogens with one attached hydrogen (secondary N) is 2. The van der Waals surface area contributed by atoms with Crippen LogP contribution in [0.4, 0.5) is 4.79 Å². The zero-order valence-corrected chi connectivity index (χ0v) is 10.6. The minimum atomic E-state index is -1.03. The van der Waals surface area contributed by atoms with E-state index in [0.29, 0.717) is 25.8 Å². The highest BCUT2D eigenvalue weighted by Crippen LogP contribution is 2.03. The summed E-state index contributed by atoms with van der Waals surface area (Å²) >= 11 is 0. The molecule has 0 aliphatic heterocycles. The second kappa shape index (κ2) is 8.29. The van der Waals surface area contributed by atoms with Crippen LogP contribution in [-0.4, -0.2) is 47.7 Å². The van der Waals surface area contributed by atoms with Crippen molar-refractivity contribution in [1.82, 2.24) is 10.4 Å². The Morgan fingerprint density at radius 2 is 2.11 bits per heavy atom. The smallest absolute Gasteiger partial charge is 0.431 e. The molecule has 0 heterocycles. The fraction of sp³-hybridized carbons (Fsp3) is 0.700. The molecule has 0 spiro atoms. The number of carbonyl (C=O) groups is 2. The summed E-state index contributed by atoms with van der Waals surface area (Å²) in [5.74, 6) is -0.933. The number of nitrogens with two attached hydrogens (primary N) is 1. The fourth-order valence-corrected chi connectivity index (χ4v) is 1.17. The molecule has 0 fully saturated rings. The van der Waals surface area contributed by atoms with Gasteiger partial charge in [0.15, 0.2) is 0 Å². The predicted octanol–water partition coefficient (Wildman–Crippen LogP) is 0.139. The van der Waals surface area contributed by atoms with Gasteiger partial charge < -0.3 is 21.0 Å². The number of rotatable bonds is 6. The van der Waals surface area contributed by atoms with E-state index in [2.05, 4.69) is 5.32 Å². The van der Waals surface area contributed by atoms with Gasteiger partial charge in [0.2, 0.25) is 0 Å². The summed E-state index contributed by atoms with van der Waals surface area (Å²) in [6, 6.07) is -0.876. The van der Waals surface area contributed by atoms with Crippen molar-refractivity contribution >= 4 is 17.9 Å². The SMILES string of the molecule is CNC(=O)ON(CCCC[C@H](N)C(=O)O)C(C)=N. The van der Waals surface area contributed by atoms with Crippen molar-refractivity contribution in [2.45, 2.75) is 32.2 Å². The number of carboxylic acids is 1. The maximum atomic E-state index is 11.0. The van der Waals surface area contributed by atoms with Crippen LogP contribution in [0.2, 0.25) is 0 Å². The second-order valence-electron chi connectivity index (χ2n) is 3.76. The molecule has 0 aliphatic rings. The number of hydrogen-bond donors (Lipinski definition) is 4. The molecule has 5 N–H and O–H groups in total. The quantitative estimate of drug-likeness (QED) is 0.233. The molecule has 1 amide bonds. The normalized spacial score (nSPS) is 11.5. The van der Waals surface area contributed by atoms with Crippen molar-refractivity contribution in [3.63, 3.8) is 0 Å². The van der Waals surface area contributed by atoms with Crippen LogP contribution in [0, 0.1) is 5.41 Å². The Morgan fingerprint density at radius 1 is 1.50 bits per heavy atom. The van der Waals surface area contributed by atoms with Crippen LogP contribution in [0.25, 0.3) is 0 Å². The summed E-state index contributed by atoms with van der Waals surface area (Å²) in [6.07, 6.45) is 0.853. The van der Waals surface area contributed by atoms with E-state index in [1.165, 1.54) is 14.0 Å². The van der Waals surface area contributed by atoms with Crippen LogP contribution >= 0.6 is 0 Å². The molecule has 0 aliphatic carbocycles. The number of unbranched alkanes of at least 4 members (excludes halogenated alkanes) is 1. The minimum absolute atomic E-state index is 0.0983. The monoisotopic (exact) mass is 260 g/mol. The Kier molecular flexibility index (Phi) is 7.45. The third-order valence-electron chi connectivity index (χ3n) is 2.21. The van der Waals surface area contributed by atoms with Crippen molar-refractivity contribution in [3.8, 4) is 0 Å². The lowest BCUT2D eigenvalue weighted by Gasteiger charge is -2.21.